The van der Waals surface area contributed by atoms with Crippen LogP contribution in [0, 0.1) is 0 Å². The molecule has 0 unspecified atom stereocenters. The minimum atomic E-state index is -4.55. The van der Waals surface area contributed by atoms with E-state index in [-0.39, 0.29) is 42.6 Å². The van der Waals surface area contributed by atoms with E-state index in [1.807, 2.05) is 0 Å². The molecule has 0 fully saturated rings. The number of hydrogen-bond acceptors (Lipinski definition) is 7. The number of halogens is 3. The second-order valence-corrected chi connectivity index (χ2v) is 7.30. The average Bonchev–Trinajstić information content (AvgIpc) is 2.82. The van der Waals surface area contributed by atoms with Crippen LogP contribution in [0.2, 0.25) is 0 Å². The second kappa shape index (κ2) is 10.9. The Bertz CT molecular complexity index is 1270. The van der Waals surface area contributed by atoms with E-state index in [1.165, 1.54) is 13.2 Å². The van der Waals surface area contributed by atoms with E-state index >= 15 is 0 Å². The number of amides is 1. The topological polar surface area (TPSA) is 133 Å². The monoisotopic (exact) mass is 493 g/mol. The van der Waals surface area contributed by atoms with Crippen LogP contribution in [0.5, 0.6) is 5.88 Å². The molecule has 0 radical (unpaired) electrons. The van der Waals surface area contributed by atoms with Crippen molar-refractivity contribution in [1.82, 2.24) is 14.5 Å². The second-order valence-electron chi connectivity index (χ2n) is 7.30. The summed E-state index contributed by atoms with van der Waals surface area (Å²) in [6.45, 7) is -1.60. The van der Waals surface area contributed by atoms with Crippen LogP contribution in [0.3, 0.4) is 0 Å². The SMILES string of the molecule is COCCN(C(=O)c1ccc(OCC(F)(F)F)nc1)c1c(N)n(Cc2ccccc2)c(=O)[nH]c1=O. The molecule has 186 valence electrons. The van der Waals surface area contributed by atoms with Crippen molar-refractivity contribution in [1.29, 1.82) is 0 Å². The molecule has 2 aromatic heterocycles. The molecule has 0 spiro atoms. The highest BCUT2D eigenvalue weighted by Gasteiger charge is 2.29. The number of alkyl halides is 3. The van der Waals surface area contributed by atoms with Crippen molar-refractivity contribution in [3.63, 3.8) is 0 Å². The molecule has 0 bridgehead atoms. The number of pyridine rings is 1. The van der Waals surface area contributed by atoms with Gasteiger partial charge in [0.1, 0.15) is 5.82 Å². The van der Waals surface area contributed by atoms with Crippen LogP contribution in [-0.2, 0) is 11.3 Å². The van der Waals surface area contributed by atoms with Gasteiger partial charge in [-0.15, -0.1) is 0 Å². The number of ether oxygens (including phenoxy) is 2. The van der Waals surface area contributed by atoms with Gasteiger partial charge in [-0.05, 0) is 11.6 Å². The molecule has 1 amide bonds. The molecule has 0 aliphatic rings. The summed E-state index contributed by atoms with van der Waals surface area (Å²) < 4.78 is 47.7. The van der Waals surface area contributed by atoms with Crippen molar-refractivity contribution < 1.29 is 27.4 Å². The zero-order valence-electron chi connectivity index (χ0n) is 18.5. The highest BCUT2D eigenvalue weighted by atomic mass is 19.4. The normalized spacial score (nSPS) is 11.3. The summed E-state index contributed by atoms with van der Waals surface area (Å²) in [6.07, 6.45) is -3.53. The molecule has 0 saturated carbocycles. The minimum Gasteiger partial charge on any atom is -0.468 e. The van der Waals surface area contributed by atoms with Gasteiger partial charge in [-0.1, -0.05) is 30.3 Å². The van der Waals surface area contributed by atoms with Crippen LogP contribution < -0.4 is 26.6 Å². The number of H-pyrrole nitrogens is 1. The fourth-order valence-electron chi connectivity index (χ4n) is 3.16. The molecule has 0 aliphatic carbocycles. The highest BCUT2D eigenvalue weighted by Crippen LogP contribution is 2.21. The average molecular weight is 493 g/mol. The summed E-state index contributed by atoms with van der Waals surface area (Å²) in [7, 11) is 1.39. The van der Waals surface area contributed by atoms with Crippen molar-refractivity contribution in [2.45, 2.75) is 12.7 Å². The van der Waals surface area contributed by atoms with Gasteiger partial charge < -0.3 is 15.2 Å². The van der Waals surface area contributed by atoms with Gasteiger partial charge in [-0.2, -0.15) is 13.2 Å². The summed E-state index contributed by atoms with van der Waals surface area (Å²) in [4.78, 5) is 45.3. The number of aromatic amines is 1. The molecule has 3 aromatic rings. The van der Waals surface area contributed by atoms with Crippen LogP contribution in [-0.4, -0.2) is 53.5 Å². The van der Waals surface area contributed by atoms with Crippen molar-refractivity contribution >= 4 is 17.4 Å². The van der Waals surface area contributed by atoms with E-state index in [4.69, 9.17) is 10.5 Å². The van der Waals surface area contributed by atoms with Crippen LogP contribution in [0.15, 0.2) is 58.3 Å². The summed E-state index contributed by atoms with van der Waals surface area (Å²) in [5, 5.41) is 0. The predicted octanol–water partition coefficient (Wildman–Crippen LogP) is 1.80. The molecule has 35 heavy (non-hydrogen) atoms. The molecular formula is C22H22F3N5O5. The number of methoxy groups -OCH3 is 1. The summed E-state index contributed by atoms with van der Waals surface area (Å²) >= 11 is 0. The number of aromatic nitrogens is 3. The van der Waals surface area contributed by atoms with Gasteiger partial charge in [0.2, 0.25) is 5.88 Å². The third-order valence-electron chi connectivity index (χ3n) is 4.80. The number of nitrogens with one attached hydrogen (secondary N) is 1. The quantitative estimate of drug-likeness (QED) is 0.465. The molecule has 0 atom stereocenters. The Labute approximate surface area is 196 Å². The Kier molecular flexibility index (Phi) is 7.91. The smallest absolute Gasteiger partial charge is 0.422 e. The zero-order chi connectivity index (χ0) is 25.6. The van der Waals surface area contributed by atoms with E-state index in [0.717, 1.165) is 27.3 Å². The Morgan fingerprint density at radius 1 is 1.17 bits per heavy atom. The fourth-order valence-corrected chi connectivity index (χ4v) is 3.16. The first-order chi connectivity index (χ1) is 16.6. The first-order valence-electron chi connectivity index (χ1n) is 10.2. The maximum Gasteiger partial charge on any atom is 0.422 e. The van der Waals surface area contributed by atoms with E-state index < -0.39 is 29.9 Å². The number of hydrogen-bond donors (Lipinski definition) is 2. The van der Waals surface area contributed by atoms with E-state index in [1.54, 1.807) is 30.3 Å². The summed E-state index contributed by atoms with van der Waals surface area (Å²) in [6, 6.07) is 11.2. The van der Waals surface area contributed by atoms with E-state index in [2.05, 4.69) is 14.7 Å². The van der Waals surface area contributed by atoms with Gasteiger partial charge in [0.15, 0.2) is 12.3 Å². The molecule has 10 nitrogen and oxygen atoms in total. The summed E-state index contributed by atoms with van der Waals surface area (Å²) in [5.41, 5.74) is 4.94. The first-order valence-corrected chi connectivity index (χ1v) is 10.2. The summed E-state index contributed by atoms with van der Waals surface area (Å²) in [5.74, 6) is -1.32. The lowest BCUT2D eigenvalue weighted by molar-refractivity contribution is -0.154. The van der Waals surface area contributed by atoms with Gasteiger partial charge in [0, 0.05) is 25.9 Å². The largest absolute Gasteiger partial charge is 0.468 e. The standard InChI is InChI=1S/C22H22F3N5O5/c1-34-10-9-29(20(32)15-7-8-16(27-11-15)35-13-22(23,24)25)17-18(26)30(21(33)28-19(17)31)12-14-5-3-2-4-6-14/h2-8,11H,9-10,12-13,26H2,1H3,(H,28,31,33). The van der Waals surface area contributed by atoms with Crippen molar-refractivity contribution in [3.05, 3.63) is 80.6 Å². The van der Waals surface area contributed by atoms with E-state index in [9.17, 15) is 27.6 Å². The molecular weight excluding hydrogens is 471 g/mol. The zero-order valence-corrected chi connectivity index (χ0v) is 18.5. The number of benzene rings is 1. The fraction of sp³-hybridized carbons (Fsp3) is 0.273. The maximum absolute atomic E-state index is 13.3. The minimum absolute atomic E-state index is 0.0165. The number of nitrogens with two attached hydrogens (primary N) is 1. The molecule has 0 saturated heterocycles. The van der Waals surface area contributed by atoms with Crippen molar-refractivity contribution in [2.75, 3.05) is 37.5 Å². The lowest BCUT2D eigenvalue weighted by atomic mass is 10.2. The molecule has 2 heterocycles. The molecule has 3 N–H and O–H groups in total. The lowest BCUT2D eigenvalue weighted by Gasteiger charge is -2.24. The molecule has 13 heteroatoms. The van der Waals surface area contributed by atoms with Gasteiger partial charge >= 0.3 is 11.9 Å². The van der Waals surface area contributed by atoms with Crippen LogP contribution >= 0.6 is 0 Å². The number of rotatable bonds is 9. The van der Waals surface area contributed by atoms with Crippen LogP contribution in [0.1, 0.15) is 15.9 Å². The van der Waals surface area contributed by atoms with E-state index in [0.29, 0.717) is 0 Å². The molecule has 3 rings (SSSR count). The predicted molar refractivity (Wildman–Crippen MR) is 121 cm³/mol. The Morgan fingerprint density at radius 2 is 1.89 bits per heavy atom. The molecule has 0 aliphatic heterocycles. The van der Waals surface area contributed by atoms with Gasteiger partial charge in [-0.25, -0.2) is 9.78 Å². The van der Waals surface area contributed by atoms with Crippen LogP contribution in [0.25, 0.3) is 0 Å². The number of carbonyl (C=O) groups excluding carboxylic acids is 1. The molecule has 1 aromatic carbocycles. The van der Waals surface area contributed by atoms with Crippen molar-refractivity contribution in [2.24, 2.45) is 0 Å². The number of anilines is 2. The Balaban J connectivity index is 1.97. The lowest BCUT2D eigenvalue weighted by Crippen LogP contribution is -2.42. The van der Waals surface area contributed by atoms with Crippen molar-refractivity contribution in [3.8, 4) is 5.88 Å². The van der Waals surface area contributed by atoms with Crippen LogP contribution in [0.4, 0.5) is 24.7 Å². The Hall–Kier alpha value is -4.13. The third kappa shape index (κ3) is 6.47. The first kappa shape index (κ1) is 25.5. The number of nitrogen functional groups attached to an aromatic ring is 1. The number of carbonyl (C=O) groups is 1. The highest BCUT2D eigenvalue weighted by molar-refractivity contribution is 6.07. The van der Waals surface area contributed by atoms with Gasteiger partial charge in [0.25, 0.3) is 11.5 Å². The Morgan fingerprint density at radius 3 is 2.49 bits per heavy atom. The van der Waals surface area contributed by atoms with Gasteiger partial charge in [-0.3, -0.25) is 24.0 Å². The number of nitrogens with zero attached hydrogens (tertiary/aromatic N) is 3. The maximum atomic E-state index is 13.3. The third-order valence-corrected chi connectivity index (χ3v) is 4.80. The van der Waals surface area contributed by atoms with Gasteiger partial charge in [0.05, 0.1) is 18.7 Å².